The van der Waals surface area contributed by atoms with Gasteiger partial charge in [0, 0.05) is 12.0 Å². The molecule has 0 spiro atoms. The lowest BCUT2D eigenvalue weighted by Gasteiger charge is -2.13. The number of methoxy groups -OCH3 is 1. The molecule has 1 heterocycles. The Kier molecular flexibility index (Phi) is 4.95. The Morgan fingerprint density at radius 1 is 1.28 bits per heavy atom. The molecule has 6 nitrogen and oxygen atoms in total. The molecule has 0 bridgehead atoms. The number of aromatic nitrogens is 1. The lowest BCUT2D eigenvalue weighted by atomic mass is 10.2. The van der Waals surface area contributed by atoms with Gasteiger partial charge in [0.25, 0.3) is 0 Å². The van der Waals surface area contributed by atoms with Gasteiger partial charge in [-0.15, -0.1) is 0 Å². The largest absolute Gasteiger partial charge is 0.495 e. The van der Waals surface area contributed by atoms with Gasteiger partial charge in [-0.1, -0.05) is 19.1 Å². The predicted octanol–water partition coefficient (Wildman–Crippen LogP) is 3.73. The van der Waals surface area contributed by atoms with Crippen molar-refractivity contribution in [2.75, 3.05) is 12.4 Å². The Labute approximate surface area is 150 Å². The summed E-state index contributed by atoms with van der Waals surface area (Å²) in [5, 5.41) is 5.78. The maximum atomic E-state index is 11.5. The van der Waals surface area contributed by atoms with Crippen LogP contribution >= 0.6 is 12.2 Å². The molecular formula is C18H17N3O3S. The Morgan fingerprint density at radius 2 is 2.08 bits per heavy atom. The summed E-state index contributed by atoms with van der Waals surface area (Å²) in [6, 6.07) is 13.0. The first-order valence-corrected chi connectivity index (χ1v) is 8.16. The lowest BCUT2D eigenvalue weighted by molar-refractivity contribution is -0.119. The van der Waals surface area contributed by atoms with Gasteiger partial charge < -0.3 is 19.8 Å². The van der Waals surface area contributed by atoms with E-state index in [4.69, 9.17) is 21.4 Å². The van der Waals surface area contributed by atoms with Crippen LogP contribution in [0.3, 0.4) is 0 Å². The van der Waals surface area contributed by atoms with Crippen LogP contribution in [0.15, 0.2) is 46.9 Å². The van der Waals surface area contributed by atoms with Crippen molar-refractivity contribution < 1.29 is 13.9 Å². The summed E-state index contributed by atoms with van der Waals surface area (Å²) in [5.74, 6) is 0.926. The molecule has 128 valence electrons. The van der Waals surface area contributed by atoms with Gasteiger partial charge in [-0.3, -0.25) is 4.79 Å². The van der Waals surface area contributed by atoms with Gasteiger partial charge in [-0.25, -0.2) is 4.98 Å². The van der Waals surface area contributed by atoms with E-state index in [0.717, 1.165) is 11.1 Å². The number of carbonyl (C=O) groups is 1. The van der Waals surface area contributed by atoms with Crippen molar-refractivity contribution in [3.63, 3.8) is 0 Å². The van der Waals surface area contributed by atoms with Crippen molar-refractivity contribution in [1.29, 1.82) is 0 Å². The van der Waals surface area contributed by atoms with E-state index in [1.807, 2.05) is 36.4 Å². The number of ether oxygens (including phenoxy) is 1. The zero-order chi connectivity index (χ0) is 17.8. The molecule has 0 fully saturated rings. The van der Waals surface area contributed by atoms with Crippen LogP contribution in [-0.4, -0.2) is 23.1 Å². The predicted molar refractivity (Wildman–Crippen MR) is 101 cm³/mol. The summed E-state index contributed by atoms with van der Waals surface area (Å²) >= 11 is 5.16. The highest BCUT2D eigenvalue weighted by Crippen LogP contribution is 2.31. The molecule has 3 aromatic rings. The molecule has 0 atom stereocenters. The number of para-hydroxylation sites is 2. The lowest BCUT2D eigenvalue weighted by Crippen LogP contribution is -2.33. The van der Waals surface area contributed by atoms with Crippen molar-refractivity contribution >= 4 is 40.0 Å². The average molecular weight is 355 g/mol. The summed E-state index contributed by atoms with van der Waals surface area (Å²) in [4.78, 5) is 15.9. The Bertz CT molecular complexity index is 903. The van der Waals surface area contributed by atoms with Gasteiger partial charge >= 0.3 is 0 Å². The highest BCUT2D eigenvalue weighted by atomic mass is 32.1. The zero-order valence-electron chi connectivity index (χ0n) is 13.8. The molecule has 3 rings (SSSR count). The minimum atomic E-state index is -0.161. The van der Waals surface area contributed by atoms with E-state index in [2.05, 4.69) is 15.6 Å². The van der Waals surface area contributed by atoms with Crippen molar-refractivity contribution in [2.45, 2.75) is 13.3 Å². The normalized spacial score (nSPS) is 10.5. The van der Waals surface area contributed by atoms with Crippen molar-refractivity contribution in [1.82, 2.24) is 10.3 Å². The van der Waals surface area contributed by atoms with E-state index in [0.29, 0.717) is 29.3 Å². The van der Waals surface area contributed by atoms with E-state index in [1.165, 1.54) is 0 Å². The minimum absolute atomic E-state index is 0.161. The van der Waals surface area contributed by atoms with Crippen LogP contribution in [-0.2, 0) is 4.79 Å². The van der Waals surface area contributed by atoms with Crippen molar-refractivity contribution in [2.24, 2.45) is 0 Å². The average Bonchev–Trinajstić information content (AvgIpc) is 3.05. The minimum Gasteiger partial charge on any atom is -0.495 e. The third-order valence-corrected chi connectivity index (χ3v) is 3.77. The van der Waals surface area contributed by atoms with Crippen molar-refractivity contribution in [3.8, 4) is 17.2 Å². The van der Waals surface area contributed by atoms with E-state index >= 15 is 0 Å². The van der Waals surface area contributed by atoms with E-state index in [1.54, 1.807) is 20.1 Å². The first kappa shape index (κ1) is 16.9. The van der Waals surface area contributed by atoms with Crippen LogP contribution in [0, 0.1) is 0 Å². The number of oxazole rings is 1. The number of thiocarbonyl (C=S) groups is 1. The van der Waals surface area contributed by atoms with E-state index in [9.17, 15) is 4.79 Å². The van der Waals surface area contributed by atoms with Crippen LogP contribution in [0.2, 0.25) is 0 Å². The molecule has 0 aliphatic rings. The molecule has 0 aliphatic heterocycles. The van der Waals surface area contributed by atoms with Crippen molar-refractivity contribution in [3.05, 3.63) is 42.5 Å². The van der Waals surface area contributed by atoms with Gasteiger partial charge in [0.15, 0.2) is 10.7 Å². The number of nitrogens with zero attached hydrogens (tertiary/aromatic N) is 1. The standard InChI is InChI=1S/C18H17N3O3S/c1-3-16(22)21-18(25)20-13-10-11(8-9-14(13)23-2)17-19-12-6-4-5-7-15(12)24-17/h4-10H,3H2,1-2H3,(H2,20,21,22,25). The number of fused-ring (bicyclic) bond motifs is 1. The van der Waals surface area contributed by atoms with Gasteiger partial charge in [0.05, 0.1) is 12.8 Å². The fraction of sp³-hybridized carbons (Fsp3) is 0.167. The third-order valence-electron chi connectivity index (χ3n) is 3.56. The van der Waals surface area contributed by atoms with Gasteiger partial charge in [-0.2, -0.15) is 0 Å². The number of hydrogen-bond acceptors (Lipinski definition) is 5. The van der Waals surface area contributed by atoms with Crippen LogP contribution < -0.4 is 15.4 Å². The van der Waals surface area contributed by atoms with Crippen LogP contribution in [0.25, 0.3) is 22.6 Å². The fourth-order valence-electron chi connectivity index (χ4n) is 2.30. The molecule has 1 aromatic heterocycles. The van der Waals surface area contributed by atoms with E-state index < -0.39 is 0 Å². The number of amides is 1. The number of nitrogens with one attached hydrogen (secondary N) is 2. The monoisotopic (exact) mass is 355 g/mol. The highest BCUT2D eigenvalue weighted by Gasteiger charge is 2.13. The number of anilines is 1. The molecular weight excluding hydrogens is 338 g/mol. The molecule has 0 aliphatic carbocycles. The number of benzene rings is 2. The first-order chi connectivity index (χ1) is 12.1. The fourth-order valence-corrected chi connectivity index (χ4v) is 2.53. The molecule has 0 unspecified atom stereocenters. The third kappa shape index (κ3) is 3.77. The smallest absolute Gasteiger partial charge is 0.227 e. The molecule has 0 radical (unpaired) electrons. The second kappa shape index (κ2) is 7.31. The molecule has 25 heavy (non-hydrogen) atoms. The number of carbonyl (C=O) groups excluding carboxylic acids is 1. The quantitative estimate of drug-likeness (QED) is 0.695. The summed E-state index contributed by atoms with van der Waals surface area (Å²) < 4.78 is 11.1. The molecule has 1 amide bonds. The maximum Gasteiger partial charge on any atom is 0.227 e. The maximum absolute atomic E-state index is 11.5. The SMILES string of the molecule is CCC(=O)NC(=S)Nc1cc(-c2nc3ccccc3o2)ccc1OC. The number of rotatable bonds is 4. The molecule has 0 saturated carbocycles. The highest BCUT2D eigenvalue weighted by molar-refractivity contribution is 7.80. The van der Waals surface area contributed by atoms with Crippen LogP contribution in [0.5, 0.6) is 5.75 Å². The number of hydrogen-bond donors (Lipinski definition) is 2. The molecule has 0 saturated heterocycles. The molecule has 2 aromatic carbocycles. The van der Waals surface area contributed by atoms with Crippen LogP contribution in [0.4, 0.5) is 5.69 Å². The van der Waals surface area contributed by atoms with Crippen LogP contribution in [0.1, 0.15) is 13.3 Å². The second-order valence-electron chi connectivity index (χ2n) is 5.26. The molecule has 7 heteroatoms. The summed E-state index contributed by atoms with van der Waals surface area (Å²) in [7, 11) is 1.56. The summed E-state index contributed by atoms with van der Waals surface area (Å²) in [5.41, 5.74) is 2.88. The van der Waals surface area contributed by atoms with Gasteiger partial charge in [-0.05, 0) is 42.5 Å². The van der Waals surface area contributed by atoms with E-state index in [-0.39, 0.29) is 11.0 Å². The Hall–Kier alpha value is -2.93. The summed E-state index contributed by atoms with van der Waals surface area (Å²) in [6.45, 7) is 1.76. The summed E-state index contributed by atoms with van der Waals surface area (Å²) in [6.07, 6.45) is 0.349. The first-order valence-electron chi connectivity index (χ1n) is 7.75. The Balaban J connectivity index is 1.91. The molecule has 2 N–H and O–H groups in total. The van der Waals surface area contributed by atoms with Gasteiger partial charge in [0.2, 0.25) is 11.8 Å². The zero-order valence-corrected chi connectivity index (χ0v) is 14.6. The Morgan fingerprint density at radius 3 is 2.80 bits per heavy atom. The topological polar surface area (TPSA) is 76.4 Å². The van der Waals surface area contributed by atoms with Gasteiger partial charge in [0.1, 0.15) is 11.3 Å². The second-order valence-corrected chi connectivity index (χ2v) is 5.67.